The summed E-state index contributed by atoms with van der Waals surface area (Å²) in [7, 11) is 1.67. The van der Waals surface area contributed by atoms with Crippen molar-refractivity contribution >= 4 is 0 Å². The Morgan fingerprint density at radius 3 is 2.94 bits per heavy atom. The molecule has 1 aliphatic rings. The van der Waals surface area contributed by atoms with E-state index in [1.54, 1.807) is 7.11 Å². The molecule has 1 fully saturated rings. The SMILES string of the molecule is CCC(C)(OC)c1nc(C2CCCCN2)no1. The summed E-state index contributed by atoms with van der Waals surface area (Å²) in [6.45, 7) is 5.05. The van der Waals surface area contributed by atoms with Crippen LogP contribution in [0.3, 0.4) is 0 Å². The molecule has 2 rings (SSSR count). The van der Waals surface area contributed by atoms with Crippen LogP contribution in [0, 0.1) is 0 Å². The van der Waals surface area contributed by atoms with Crippen molar-refractivity contribution in [2.24, 2.45) is 0 Å². The summed E-state index contributed by atoms with van der Waals surface area (Å²) in [5.41, 5.74) is -0.472. The molecule has 0 aliphatic carbocycles. The summed E-state index contributed by atoms with van der Waals surface area (Å²) in [6.07, 6.45) is 4.33. The number of methoxy groups -OCH3 is 1. The van der Waals surface area contributed by atoms with Crippen molar-refractivity contribution in [2.75, 3.05) is 13.7 Å². The first-order chi connectivity index (χ1) is 8.19. The molecule has 17 heavy (non-hydrogen) atoms. The van der Waals surface area contributed by atoms with E-state index >= 15 is 0 Å². The Morgan fingerprint density at radius 1 is 1.53 bits per heavy atom. The van der Waals surface area contributed by atoms with Crippen LogP contribution in [0.25, 0.3) is 0 Å². The molecular formula is C12H21N3O2. The number of hydrogen-bond acceptors (Lipinski definition) is 5. The normalized spacial score (nSPS) is 24.5. The van der Waals surface area contributed by atoms with Crippen LogP contribution < -0.4 is 5.32 Å². The van der Waals surface area contributed by atoms with E-state index in [9.17, 15) is 0 Å². The van der Waals surface area contributed by atoms with E-state index in [-0.39, 0.29) is 6.04 Å². The summed E-state index contributed by atoms with van der Waals surface area (Å²) in [5.74, 6) is 1.33. The van der Waals surface area contributed by atoms with Crippen LogP contribution in [0.15, 0.2) is 4.52 Å². The molecule has 0 bridgehead atoms. The van der Waals surface area contributed by atoms with Crippen LogP contribution in [0.4, 0.5) is 0 Å². The smallest absolute Gasteiger partial charge is 0.258 e. The van der Waals surface area contributed by atoms with Gasteiger partial charge in [0.2, 0.25) is 0 Å². The Kier molecular flexibility index (Phi) is 3.79. The van der Waals surface area contributed by atoms with Crippen molar-refractivity contribution in [1.29, 1.82) is 0 Å². The minimum Gasteiger partial charge on any atom is -0.369 e. The van der Waals surface area contributed by atoms with Gasteiger partial charge in [-0.3, -0.25) is 0 Å². The van der Waals surface area contributed by atoms with Gasteiger partial charge in [0.05, 0.1) is 6.04 Å². The molecule has 2 atom stereocenters. The van der Waals surface area contributed by atoms with Gasteiger partial charge in [0.1, 0.15) is 5.60 Å². The van der Waals surface area contributed by atoms with Gasteiger partial charge in [-0.2, -0.15) is 4.98 Å². The standard InChI is InChI=1S/C12H21N3O2/c1-4-12(2,16-3)11-14-10(15-17-11)9-7-5-6-8-13-9/h9,13H,4-8H2,1-3H3. The molecule has 1 saturated heterocycles. The lowest BCUT2D eigenvalue weighted by Gasteiger charge is -2.22. The Balaban J connectivity index is 2.14. The zero-order valence-electron chi connectivity index (χ0n) is 10.8. The second-order valence-corrected chi connectivity index (χ2v) is 4.75. The first-order valence-corrected chi connectivity index (χ1v) is 6.32. The zero-order chi connectivity index (χ0) is 12.3. The Morgan fingerprint density at radius 2 is 2.35 bits per heavy atom. The van der Waals surface area contributed by atoms with E-state index in [1.165, 1.54) is 12.8 Å². The second kappa shape index (κ2) is 5.14. The van der Waals surface area contributed by atoms with Crippen LogP contribution in [0.5, 0.6) is 0 Å². The molecule has 1 aromatic heterocycles. The molecule has 0 radical (unpaired) electrons. The fourth-order valence-electron chi connectivity index (χ4n) is 2.05. The molecule has 0 spiro atoms. The number of aromatic nitrogens is 2. The van der Waals surface area contributed by atoms with E-state index in [0.717, 1.165) is 25.2 Å². The monoisotopic (exact) mass is 239 g/mol. The van der Waals surface area contributed by atoms with Gasteiger partial charge in [-0.05, 0) is 32.7 Å². The maximum Gasteiger partial charge on any atom is 0.258 e. The van der Waals surface area contributed by atoms with E-state index in [0.29, 0.717) is 5.89 Å². The third-order valence-corrected chi connectivity index (χ3v) is 3.64. The maximum atomic E-state index is 5.46. The minimum atomic E-state index is -0.472. The molecule has 2 unspecified atom stereocenters. The molecular weight excluding hydrogens is 218 g/mol. The number of nitrogens with zero attached hydrogens (tertiary/aromatic N) is 2. The van der Waals surface area contributed by atoms with Gasteiger partial charge in [-0.1, -0.05) is 18.5 Å². The van der Waals surface area contributed by atoms with Gasteiger partial charge in [-0.25, -0.2) is 0 Å². The molecule has 96 valence electrons. The largest absolute Gasteiger partial charge is 0.369 e. The molecule has 1 aromatic rings. The fourth-order valence-corrected chi connectivity index (χ4v) is 2.05. The average molecular weight is 239 g/mol. The number of nitrogens with one attached hydrogen (secondary N) is 1. The topological polar surface area (TPSA) is 60.2 Å². The summed E-state index contributed by atoms with van der Waals surface area (Å²) in [6, 6.07) is 0.235. The van der Waals surface area contributed by atoms with Crippen LogP contribution in [0.2, 0.25) is 0 Å². The quantitative estimate of drug-likeness (QED) is 0.872. The minimum absolute atomic E-state index is 0.235. The molecule has 1 aliphatic heterocycles. The fraction of sp³-hybridized carbons (Fsp3) is 0.833. The highest BCUT2D eigenvalue weighted by atomic mass is 16.5. The third-order valence-electron chi connectivity index (χ3n) is 3.64. The van der Waals surface area contributed by atoms with Gasteiger partial charge >= 0.3 is 0 Å². The van der Waals surface area contributed by atoms with Gasteiger partial charge < -0.3 is 14.6 Å². The third kappa shape index (κ3) is 2.50. The van der Waals surface area contributed by atoms with Gasteiger partial charge in [0, 0.05) is 7.11 Å². The molecule has 1 N–H and O–H groups in total. The summed E-state index contributed by atoms with van der Waals surface area (Å²) >= 11 is 0. The van der Waals surface area contributed by atoms with Crippen molar-refractivity contribution in [2.45, 2.75) is 51.2 Å². The van der Waals surface area contributed by atoms with E-state index in [4.69, 9.17) is 9.26 Å². The van der Waals surface area contributed by atoms with Crippen molar-refractivity contribution in [3.05, 3.63) is 11.7 Å². The molecule has 0 amide bonds. The summed E-state index contributed by atoms with van der Waals surface area (Å²) in [4.78, 5) is 4.48. The highest BCUT2D eigenvalue weighted by Crippen LogP contribution is 2.28. The van der Waals surface area contributed by atoms with Crippen LogP contribution in [0.1, 0.15) is 57.3 Å². The highest BCUT2D eigenvalue weighted by molar-refractivity contribution is 5.01. The maximum absolute atomic E-state index is 5.46. The number of ether oxygens (including phenoxy) is 1. The lowest BCUT2D eigenvalue weighted by atomic mass is 10.0. The average Bonchev–Trinajstić information content (AvgIpc) is 2.89. The predicted molar refractivity (Wildman–Crippen MR) is 63.5 cm³/mol. The lowest BCUT2D eigenvalue weighted by molar-refractivity contribution is -0.0272. The first kappa shape index (κ1) is 12.5. The first-order valence-electron chi connectivity index (χ1n) is 6.32. The molecule has 2 heterocycles. The van der Waals surface area contributed by atoms with Crippen LogP contribution in [-0.4, -0.2) is 23.8 Å². The van der Waals surface area contributed by atoms with Crippen molar-refractivity contribution in [1.82, 2.24) is 15.5 Å². The van der Waals surface area contributed by atoms with Gasteiger partial charge in [0.25, 0.3) is 5.89 Å². The number of piperidine rings is 1. The predicted octanol–water partition coefficient (Wildman–Crippen LogP) is 2.16. The van der Waals surface area contributed by atoms with Gasteiger partial charge in [-0.15, -0.1) is 0 Å². The summed E-state index contributed by atoms with van der Waals surface area (Å²) in [5, 5.41) is 7.48. The molecule has 5 nitrogen and oxygen atoms in total. The van der Waals surface area contributed by atoms with Crippen molar-refractivity contribution in [3.8, 4) is 0 Å². The van der Waals surface area contributed by atoms with Crippen molar-refractivity contribution < 1.29 is 9.26 Å². The van der Waals surface area contributed by atoms with Crippen LogP contribution in [-0.2, 0) is 10.3 Å². The number of hydrogen-bond donors (Lipinski definition) is 1. The lowest BCUT2D eigenvalue weighted by Crippen LogP contribution is -2.28. The van der Waals surface area contributed by atoms with Gasteiger partial charge in [0.15, 0.2) is 5.82 Å². The highest BCUT2D eigenvalue weighted by Gasteiger charge is 2.32. The Hall–Kier alpha value is -0.940. The Bertz CT molecular complexity index is 354. The molecule has 0 aromatic carbocycles. The van der Waals surface area contributed by atoms with E-state index in [2.05, 4.69) is 15.5 Å². The zero-order valence-corrected chi connectivity index (χ0v) is 10.8. The number of rotatable bonds is 4. The van der Waals surface area contributed by atoms with E-state index in [1.807, 2.05) is 13.8 Å². The summed E-state index contributed by atoms with van der Waals surface area (Å²) < 4.78 is 10.8. The second-order valence-electron chi connectivity index (χ2n) is 4.75. The van der Waals surface area contributed by atoms with Crippen LogP contribution >= 0.6 is 0 Å². The Labute approximate surface area is 102 Å². The molecule has 0 saturated carbocycles. The molecule has 5 heteroatoms. The van der Waals surface area contributed by atoms with E-state index < -0.39 is 5.60 Å². The van der Waals surface area contributed by atoms with Crippen molar-refractivity contribution in [3.63, 3.8) is 0 Å².